The number of halogens is 4. The summed E-state index contributed by atoms with van der Waals surface area (Å²) >= 11 is 0. The second-order valence-electron chi connectivity index (χ2n) is 6.10. The van der Waals surface area contributed by atoms with Gasteiger partial charge in [0, 0.05) is 38.9 Å². The quantitative estimate of drug-likeness (QED) is 0.771. The number of piperazine rings is 1. The van der Waals surface area contributed by atoms with E-state index < -0.39 is 17.6 Å². The van der Waals surface area contributed by atoms with Crippen LogP contribution in [0.5, 0.6) is 5.75 Å². The van der Waals surface area contributed by atoms with Gasteiger partial charge in [0.05, 0.1) is 12.7 Å². The molecule has 0 amide bonds. The number of pyridine rings is 1. The van der Waals surface area contributed by atoms with Gasteiger partial charge in [0.2, 0.25) is 0 Å². The van der Waals surface area contributed by atoms with Crippen molar-refractivity contribution in [1.82, 2.24) is 9.88 Å². The van der Waals surface area contributed by atoms with Gasteiger partial charge in [-0.15, -0.1) is 0 Å². The second kappa shape index (κ2) is 7.49. The Morgan fingerprint density at radius 1 is 1.12 bits per heavy atom. The maximum absolute atomic E-state index is 13.8. The van der Waals surface area contributed by atoms with Gasteiger partial charge in [-0.05, 0) is 29.8 Å². The molecule has 1 saturated heterocycles. The van der Waals surface area contributed by atoms with Gasteiger partial charge in [-0.3, -0.25) is 4.90 Å². The van der Waals surface area contributed by atoms with Crippen molar-refractivity contribution in [2.24, 2.45) is 0 Å². The molecule has 0 bridgehead atoms. The molecule has 2 aromatic rings. The summed E-state index contributed by atoms with van der Waals surface area (Å²) in [5.74, 6) is -0.268. The number of alkyl halides is 3. The molecule has 8 heteroatoms. The average Bonchev–Trinajstić information content (AvgIpc) is 2.62. The predicted octanol–water partition coefficient (Wildman–Crippen LogP) is 3.57. The zero-order chi connectivity index (χ0) is 18.7. The van der Waals surface area contributed by atoms with Gasteiger partial charge in [0.15, 0.2) is 11.6 Å². The van der Waals surface area contributed by atoms with E-state index in [2.05, 4.69) is 9.88 Å². The van der Waals surface area contributed by atoms with Crippen LogP contribution in [0.15, 0.2) is 36.5 Å². The molecule has 0 unspecified atom stereocenters. The summed E-state index contributed by atoms with van der Waals surface area (Å²) < 4.78 is 58.1. The highest BCUT2D eigenvalue weighted by molar-refractivity contribution is 5.48. The van der Waals surface area contributed by atoms with Crippen molar-refractivity contribution in [3.63, 3.8) is 0 Å². The lowest BCUT2D eigenvalue weighted by Crippen LogP contribution is -2.46. The number of benzene rings is 1. The summed E-state index contributed by atoms with van der Waals surface area (Å²) in [5, 5.41) is 0. The van der Waals surface area contributed by atoms with Crippen molar-refractivity contribution in [2.75, 3.05) is 38.2 Å². The topological polar surface area (TPSA) is 28.6 Å². The Hall–Kier alpha value is -2.35. The first-order valence-electron chi connectivity index (χ1n) is 8.20. The second-order valence-corrected chi connectivity index (χ2v) is 6.10. The number of methoxy groups -OCH3 is 1. The van der Waals surface area contributed by atoms with Crippen LogP contribution >= 0.6 is 0 Å². The van der Waals surface area contributed by atoms with Gasteiger partial charge < -0.3 is 9.64 Å². The summed E-state index contributed by atoms with van der Waals surface area (Å²) in [6.07, 6.45) is -3.06. The number of hydrogen-bond acceptors (Lipinski definition) is 4. The van der Waals surface area contributed by atoms with Crippen LogP contribution in [-0.2, 0) is 12.7 Å². The first kappa shape index (κ1) is 18.4. The number of anilines is 1. The zero-order valence-corrected chi connectivity index (χ0v) is 14.3. The van der Waals surface area contributed by atoms with E-state index in [1.165, 1.54) is 25.4 Å². The first-order chi connectivity index (χ1) is 12.4. The van der Waals surface area contributed by atoms with Crippen LogP contribution in [0.3, 0.4) is 0 Å². The molecule has 4 nitrogen and oxygen atoms in total. The monoisotopic (exact) mass is 369 g/mol. The van der Waals surface area contributed by atoms with Gasteiger partial charge in [-0.25, -0.2) is 9.37 Å². The Morgan fingerprint density at radius 3 is 2.46 bits per heavy atom. The largest absolute Gasteiger partial charge is 0.494 e. The van der Waals surface area contributed by atoms with Crippen molar-refractivity contribution < 1.29 is 22.3 Å². The molecule has 140 valence electrons. The summed E-state index contributed by atoms with van der Waals surface area (Å²) in [4.78, 5) is 7.66. The van der Waals surface area contributed by atoms with Gasteiger partial charge in [-0.2, -0.15) is 13.2 Å². The molecular weight excluding hydrogens is 350 g/mol. The summed E-state index contributed by atoms with van der Waals surface area (Å²) in [6.45, 7) is 2.53. The highest BCUT2D eigenvalue weighted by Gasteiger charge is 2.36. The summed E-state index contributed by atoms with van der Waals surface area (Å²) in [5.41, 5.74) is 0.0799. The third-order valence-electron chi connectivity index (χ3n) is 4.39. The highest BCUT2D eigenvalue weighted by atomic mass is 19.4. The molecule has 1 fully saturated rings. The maximum atomic E-state index is 13.8. The minimum absolute atomic E-state index is 0.0323. The van der Waals surface area contributed by atoms with Gasteiger partial charge in [-0.1, -0.05) is 6.07 Å². The SMILES string of the molecule is COc1ccc(CN2CCN(c3ncccc3C(F)(F)F)CC2)cc1F. The zero-order valence-electron chi connectivity index (χ0n) is 14.3. The van der Waals surface area contributed by atoms with E-state index in [0.29, 0.717) is 32.7 Å². The van der Waals surface area contributed by atoms with Crippen molar-refractivity contribution in [1.29, 1.82) is 0 Å². The molecule has 1 aromatic heterocycles. The summed E-state index contributed by atoms with van der Waals surface area (Å²) in [7, 11) is 1.41. The van der Waals surface area contributed by atoms with Crippen molar-refractivity contribution >= 4 is 5.82 Å². The molecule has 0 saturated carbocycles. The molecule has 2 heterocycles. The Balaban J connectivity index is 1.64. The van der Waals surface area contributed by atoms with Crippen molar-refractivity contribution in [3.8, 4) is 5.75 Å². The minimum Gasteiger partial charge on any atom is -0.494 e. The lowest BCUT2D eigenvalue weighted by molar-refractivity contribution is -0.137. The van der Waals surface area contributed by atoms with Crippen LogP contribution in [0.4, 0.5) is 23.4 Å². The van der Waals surface area contributed by atoms with Crippen LogP contribution in [0.25, 0.3) is 0 Å². The third-order valence-corrected chi connectivity index (χ3v) is 4.39. The number of ether oxygens (including phenoxy) is 1. The first-order valence-corrected chi connectivity index (χ1v) is 8.20. The smallest absolute Gasteiger partial charge is 0.419 e. The fourth-order valence-corrected chi connectivity index (χ4v) is 3.05. The normalized spacial score (nSPS) is 16.0. The predicted molar refractivity (Wildman–Crippen MR) is 89.7 cm³/mol. The van der Waals surface area contributed by atoms with Gasteiger partial charge in [0.25, 0.3) is 0 Å². The number of nitrogens with zero attached hydrogens (tertiary/aromatic N) is 3. The maximum Gasteiger partial charge on any atom is 0.419 e. The van der Waals surface area contributed by atoms with E-state index in [1.807, 2.05) is 0 Å². The highest BCUT2D eigenvalue weighted by Crippen LogP contribution is 2.35. The molecule has 0 spiro atoms. The molecule has 1 aliphatic heterocycles. The van der Waals surface area contributed by atoms with E-state index in [9.17, 15) is 17.6 Å². The van der Waals surface area contributed by atoms with E-state index in [4.69, 9.17) is 4.74 Å². The number of hydrogen-bond donors (Lipinski definition) is 0. The van der Waals surface area contributed by atoms with Gasteiger partial charge >= 0.3 is 6.18 Å². The molecular formula is C18H19F4N3O. The van der Waals surface area contributed by atoms with E-state index in [0.717, 1.165) is 11.6 Å². The van der Waals surface area contributed by atoms with Crippen LogP contribution < -0.4 is 9.64 Å². The van der Waals surface area contributed by atoms with Crippen molar-refractivity contribution in [2.45, 2.75) is 12.7 Å². The van der Waals surface area contributed by atoms with E-state index in [-0.39, 0.29) is 11.6 Å². The van der Waals surface area contributed by atoms with Crippen molar-refractivity contribution in [3.05, 3.63) is 53.5 Å². The Labute approximate surface area is 149 Å². The Morgan fingerprint density at radius 2 is 1.85 bits per heavy atom. The standard InChI is InChI=1S/C18H19F4N3O/c1-26-16-5-4-13(11-15(16)19)12-24-7-9-25(10-8-24)17-14(18(20,21)22)3-2-6-23-17/h2-6,11H,7-10,12H2,1H3. The lowest BCUT2D eigenvalue weighted by atomic mass is 10.1. The van der Waals surface area contributed by atoms with Crippen LogP contribution in [0.1, 0.15) is 11.1 Å². The molecule has 0 aliphatic carbocycles. The van der Waals surface area contributed by atoms with Gasteiger partial charge in [0.1, 0.15) is 5.82 Å². The minimum atomic E-state index is -4.43. The lowest BCUT2D eigenvalue weighted by Gasteiger charge is -2.36. The molecule has 26 heavy (non-hydrogen) atoms. The Bertz CT molecular complexity index is 758. The fraction of sp³-hybridized carbons (Fsp3) is 0.389. The summed E-state index contributed by atoms with van der Waals surface area (Å²) in [6, 6.07) is 7.13. The van der Waals surface area contributed by atoms with Crippen LogP contribution in [0.2, 0.25) is 0 Å². The molecule has 0 N–H and O–H groups in total. The molecule has 3 rings (SSSR count). The van der Waals surface area contributed by atoms with Crippen LogP contribution in [-0.4, -0.2) is 43.2 Å². The van der Waals surface area contributed by atoms with E-state index in [1.54, 1.807) is 17.0 Å². The van der Waals surface area contributed by atoms with E-state index >= 15 is 0 Å². The molecule has 0 atom stereocenters. The number of rotatable bonds is 4. The fourth-order valence-electron chi connectivity index (χ4n) is 3.05. The van der Waals surface area contributed by atoms with Crippen LogP contribution in [0, 0.1) is 5.82 Å². The number of aromatic nitrogens is 1. The molecule has 0 radical (unpaired) electrons. The molecule has 1 aromatic carbocycles. The molecule has 1 aliphatic rings. The Kier molecular flexibility index (Phi) is 5.31. The third kappa shape index (κ3) is 4.07. The average molecular weight is 369 g/mol.